The van der Waals surface area contributed by atoms with Crippen LogP contribution in [0.3, 0.4) is 0 Å². The molecule has 0 radical (unpaired) electrons. The van der Waals surface area contributed by atoms with Crippen molar-refractivity contribution in [3.63, 3.8) is 0 Å². The summed E-state index contributed by atoms with van der Waals surface area (Å²) < 4.78 is 189. The van der Waals surface area contributed by atoms with Gasteiger partial charge >= 0.3 is 24.7 Å². The van der Waals surface area contributed by atoms with E-state index in [-0.39, 0.29) is 65.6 Å². The van der Waals surface area contributed by atoms with Crippen LogP contribution in [0.2, 0.25) is 10.0 Å². The average Bonchev–Trinajstić information content (AvgIpc) is 0.797. The molecule has 0 aromatic heterocycles. The number of nitriles is 1. The highest BCUT2D eigenvalue weighted by Gasteiger charge is 2.41. The summed E-state index contributed by atoms with van der Waals surface area (Å²) in [5.74, 6) is 1.20. The SMILES string of the molecule is CC(C)(C)c1cc(C#N)ccc1C(F)(F)F.CC(C)(C)c1cc(C(F)(F)F)ccc1C(F)(F)F.CC(C)(C)c1ccc(Cl)cc1C(F)(F)F.CC(C)(C)c1cccc(Cl)c1F.CCOc1ccc(C(C)(C)C)c(C)c1.COc1ccc(F)cc1C(C)(C)C.Cc1ccc(C(C)(C)C)c(C)c1. The van der Waals surface area contributed by atoms with Gasteiger partial charge in [0, 0.05) is 10.6 Å². The molecule has 0 saturated heterocycles. The van der Waals surface area contributed by atoms with Crippen LogP contribution in [0.5, 0.6) is 11.5 Å². The molecule has 0 aliphatic heterocycles. The maximum atomic E-state index is 13.4. The third kappa shape index (κ3) is 29.7. The van der Waals surface area contributed by atoms with E-state index < -0.39 is 63.2 Å². The Kier molecular flexibility index (Phi) is 32.3. The summed E-state index contributed by atoms with van der Waals surface area (Å²) in [6, 6.07) is 33.4. The van der Waals surface area contributed by atoms with Crippen molar-refractivity contribution in [1.82, 2.24) is 0 Å². The molecule has 7 rings (SSSR count). The lowest BCUT2D eigenvalue weighted by Crippen LogP contribution is -2.21. The number of hydrogen-bond acceptors (Lipinski definition) is 3. The van der Waals surface area contributed by atoms with E-state index in [1.807, 2.05) is 54.5 Å². The number of halogens is 16. The monoisotopic (exact) mass is 1460 g/mol. The molecule has 100 heavy (non-hydrogen) atoms. The summed E-state index contributed by atoms with van der Waals surface area (Å²) in [6.07, 6.45) is -18.0. The summed E-state index contributed by atoms with van der Waals surface area (Å²) in [4.78, 5) is 0. The third-order valence-corrected chi connectivity index (χ3v) is 15.6. The highest BCUT2D eigenvalue weighted by Crippen LogP contribution is 2.43. The van der Waals surface area contributed by atoms with E-state index in [9.17, 15) is 61.5 Å². The van der Waals surface area contributed by atoms with Crippen LogP contribution in [0.4, 0.5) is 61.5 Å². The number of hydrogen-bond donors (Lipinski definition) is 0. The third-order valence-electron chi connectivity index (χ3n) is 15.1. The second-order valence-corrected chi connectivity index (χ2v) is 32.1. The van der Waals surface area contributed by atoms with Gasteiger partial charge in [0.05, 0.1) is 52.6 Å². The first kappa shape index (κ1) is 91.2. The van der Waals surface area contributed by atoms with Crippen molar-refractivity contribution >= 4 is 23.2 Å². The maximum Gasteiger partial charge on any atom is 0.416 e. The number of aryl methyl sites for hydroxylation is 3. The van der Waals surface area contributed by atoms with Gasteiger partial charge in [0.2, 0.25) is 0 Å². The molecule has 0 fully saturated rings. The fourth-order valence-corrected chi connectivity index (χ4v) is 10.6. The van der Waals surface area contributed by atoms with Crippen LogP contribution in [0.25, 0.3) is 0 Å². The van der Waals surface area contributed by atoms with Crippen LogP contribution in [-0.4, -0.2) is 13.7 Å². The zero-order valence-corrected chi connectivity index (χ0v) is 64.2. The van der Waals surface area contributed by atoms with Gasteiger partial charge in [-0.3, -0.25) is 0 Å². The largest absolute Gasteiger partial charge is 0.496 e. The van der Waals surface area contributed by atoms with Crippen LogP contribution in [0.1, 0.15) is 236 Å². The highest BCUT2D eigenvalue weighted by molar-refractivity contribution is 6.31. The summed E-state index contributed by atoms with van der Waals surface area (Å²) in [5.41, 5.74) is 3.37. The molecule has 0 N–H and O–H groups in total. The fraction of sp³-hybridized carbons (Fsp3) is 0.469. The summed E-state index contributed by atoms with van der Waals surface area (Å²) in [6.45, 7) is 49.3. The number of nitrogens with zero attached hydrogens (tertiary/aromatic N) is 1. The first-order chi connectivity index (χ1) is 44.8. The van der Waals surface area contributed by atoms with E-state index in [2.05, 4.69) is 98.7 Å². The van der Waals surface area contributed by atoms with Gasteiger partial charge in [-0.25, -0.2) is 8.78 Å². The number of methoxy groups -OCH3 is 1. The Labute approximate surface area is 596 Å². The smallest absolute Gasteiger partial charge is 0.416 e. The van der Waals surface area contributed by atoms with Crippen LogP contribution >= 0.6 is 23.2 Å². The molecule has 0 atom stereocenters. The van der Waals surface area contributed by atoms with Crippen molar-refractivity contribution in [3.05, 3.63) is 233 Å². The number of rotatable bonds is 3. The number of ether oxygens (including phenoxy) is 2. The molecule has 19 heteroatoms. The summed E-state index contributed by atoms with van der Waals surface area (Å²) in [5, 5.41) is 8.99. The van der Waals surface area contributed by atoms with Crippen molar-refractivity contribution in [1.29, 1.82) is 5.26 Å². The van der Waals surface area contributed by atoms with Crippen LogP contribution < -0.4 is 9.47 Å². The van der Waals surface area contributed by atoms with Gasteiger partial charge in [-0.2, -0.15) is 57.9 Å². The Balaban J connectivity index is 0.000000586. The Bertz CT molecular complexity index is 3800. The van der Waals surface area contributed by atoms with Gasteiger partial charge in [-0.15, -0.1) is 0 Å². The zero-order valence-electron chi connectivity index (χ0n) is 62.6. The highest BCUT2D eigenvalue weighted by atomic mass is 35.5. The van der Waals surface area contributed by atoms with E-state index in [1.54, 1.807) is 72.9 Å². The van der Waals surface area contributed by atoms with Gasteiger partial charge < -0.3 is 9.47 Å². The molecule has 3 nitrogen and oxygen atoms in total. The lowest BCUT2D eigenvalue weighted by molar-refractivity contribution is -0.142. The van der Waals surface area contributed by atoms with E-state index in [0.29, 0.717) is 23.8 Å². The normalized spacial score (nSPS) is 12.3. The number of alkyl halides is 12. The Morgan fingerprint density at radius 2 is 0.790 bits per heavy atom. The van der Waals surface area contributed by atoms with E-state index in [0.717, 1.165) is 35.8 Å². The van der Waals surface area contributed by atoms with E-state index >= 15 is 0 Å². The molecule has 0 unspecified atom stereocenters. The summed E-state index contributed by atoms with van der Waals surface area (Å²) in [7, 11) is 1.60. The minimum Gasteiger partial charge on any atom is -0.496 e. The molecule has 0 heterocycles. The zero-order chi connectivity index (χ0) is 78.3. The fourth-order valence-electron chi connectivity index (χ4n) is 10.2. The quantitative estimate of drug-likeness (QED) is 0.166. The molecule has 0 aliphatic carbocycles. The predicted octanol–water partition coefficient (Wildman–Crippen LogP) is 27.8. The van der Waals surface area contributed by atoms with E-state index in [4.69, 9.17) is 37.9 Å². The predicted molar refractivity (Wildman–Crippen MR) is 383 cm³/mol. The second kappa shape index (κ2) is 35.4. The molecular formula is C81H101Cl2F14NO2. The molecule has 0 spiro atoms. The molecule has 0 aliphatic rings. The van der Waals surface area contributed by atoms with Crippen LogP contribution in [-0.2, 0) is 62.6 Å². The van der Waals surface area contributed by atoms with Gasteiger partial charge in [0.15, 0.2) is 0 Å². The average molecular weight is 1460 g/mol. The minimum absolute atomic E-state index is 0.0898. The lowest BCUT2D eigenvalue weighted by Gasteiger charge is -2.25. The standard InChI is InChI=1S/C13H20O.C12H12F6.C12H12F3N.C12H18.C11H12ClF3.C11H15FO.C10H12ClF/c1-6-14-11-7-8-12(10(2)9-11)13(3,4)5;1-10(2,3)9-6-7(11(13,14)15)4-5-8(9)12(16,17)18;1-11(2,3)10-6-8(7-16)4-5-9(10)12(13,14)15;1-9-6-7-11(10(2)8-9)12(3,4)5;1-10(2,3)8-5-4-7(12)6-9(8)11(13,14)15;1-11(2,3)9-7-8(12)5-6-10(9)13-4;1-10(2,3)7-5-4-6-8(11)9(7)12/h7-9H,6H2,1-5H3;4-6H,1-3H3;4-6H,1-3H3;6-8H,1-5H3;4-6H,1-3H3;5-7H,1-4H3;4-6H,1-3H3. The molecular weight excluding hydrogens is 1360 g/mol. The van der Waals surface area contributed by atoms with Gasteiger partial charge in [-0.05, 0) is 195 Å². The maximum absolute atomic E-state index is 13.4. The summed E-state index contributed by atoms with van der Waals surface area (Å²) >= 11 is 11.2. The Morgan fingerprint density at radius 3 is 1.17 bits per heavy atom. The van der Waals surface area contributed by atoms with Crippen LogP contribution in [0.15, 0.2) is 127 Å². The Morgan fingerprint density at radius 1 is 0.380 bits per heavy atom. The number of benzene rings is 7. The first-order valence-corrected chi connectivity index (χ1v) is 33.0. The van der Waals surface area contributed by atoms with Gasteiger partial charge in [-0.1, -0.05) is 217 Å². The van der Waals surface area contributed by atoms with Gasteiger partial charge in [0.25, 0.3) is 0 Å². The van der Waals surface area contributed by atoms with Crippen molar-refractivity contribution in [2.24, 2.45) is 0 Å². The van der Waals surface area contributed by atoms with Crippen molar-refractivity contribution in [2.45, 2.75) is 236 Å². The van der Waals surface area contributed by atoms with Crippen molar-refractivity contribution < 1.29 is 70.9 Å². The molecule has 554 valence electrons. The van der Waals surface area contributed by atoms with E-state index in [1.165, 1.54) is 85.0 Å². The first-order valence-electron chi connectivity index (χ1n) is 32.2. The molecule has 7 aromatic rings. The molecule has 0 bridgehead atoms. The van der Waals surface area contributed by atoms with Gasteiger partial charge in [0.1, 0.15) is 23.1 Å². The lowest BCUT2D eigenvalue weighted by atomic mass is 9.82. The topological polar surface area (TPSA) is 42.2 Å². The Hall–Kier alpha value is -6.77. The van der Waals surface area contributed by atoms with Crippen molar-refractivity contribution in [3.8, 4) is 17.6 Å². The van der Waals surface area contributed by atoms with Crippen molar-refractivity contribution in [2.75, 3.05) is 13.7 Å². The molecule has 0 saturated carbocycles. The second-order valence-electron chi connectivity index (χ2n) is 31.2. The molecule has 0 amide bonds. The minimum atomic E-state index is -4.66. The molecule has 7 aromatic carbocycles. The van der Waals surface area contributed by atoms with Crippen LogP contribution in [0, 0.1) is 43.7 Å².